The molecule has 4 heteroatoms. The van der Waals surface area contributed by atoms with Crippen LogP contribution >= 0.6 is 11.6 Å². The van der Waals surface area contributed by atoms with E-state index < -0.39 is 0 Å². The fourth-order valence-electron chi connectivity index (χ4n) is 2.05. The Balaban J connectivity index is 2.05. The molecule has 1 fully saturated rings. The minimum absolute atomic E-state index is 0.0599. The summed E-state index contributed by atoms with van der Waals surface area (Å²) in [5.74, 6) is -0.369. The minimum atomic E-state index is -0.369. The van der Waals surface area contributed by atoms with Gasteiger partial charge in [0.15, 0.2) is 0 Å². The van der Waals surface area contributed by atoms with Gasteiger partial charge in [-0.05, 0) is 31.9 Å². The number of hydrogen-bond acceptors (Lipinski definition) is 2. The van der Waals surface area contributed by atoms with Gasteiger partial charge in [-0.1, -0.05) is 23.7 Å². The van der Waals surface area contributed by atoms with E-state index in [-0.39, 0.29) is 22.5 Å². The molecular weight excluding hydrogens is 241 g/mol. The third-order valence-corrected chi connectivity index (χ3v) is 4.02. The molecule has 0 radical (unpaired) electrons. The first-order valence-electron chi connectivity index (χ1n) is 5.82. The molecule has 2 unspecified atom stereocenters. The van der Waals surface area contributed by atoms with Crippen molar-refractivity contribution < 1.29 is 9.13 Å². The zero-order valence-electron chi connectivity index (χ0n) is 10.1. The predicted octanol–water partition coefficient (Wildman–Crippen LogP) is 3.14. The fourth-order valence-corrected chi connectivity index (χ4v) is 2.24. The summed E-state index contributed by atoms with van der Waals surface area (Å²) in [6, 6.07) is 4.88. The highest BCUT2D eigenvalue weighted by Crippen LogP contribution is 2.26. The van der Waals surface area contributed by atoms with Gasteiger partial charge in [-0.25, -0.2) is 4.39 Å². The second-order valence-corrected chi connectivity index (χ2v) is 5.12. The lowest BCUT2D eigenvalue weighted by molar-refractivity contribution is 0.0881. The molecule has 2 rings (SSSR count). The third-order valence-electron chi connectivity index (χ3n) is 3.60. The average Bonchev–Trinajstić information content (AvgIpc) is 2.62. The van der Waals surface area contributed by atoms with Crippen LogP contribution in [0.5, 0.6) is 0 Å². The Morgan fingerprint density at radius 3 is 3.00 bits per heavy atom. The number of halogens is 2. The Hall–Kier alpha value is -0.640. The van der Waals surface area contributed by atoms with E-state index >= 15 is 0 Å². The fraction of sp³-hybridized carbons (Fsp3) is 0.538. The normalized spacial score (nSPS) is 28.6. The van der Waals surface area contributed by atoms with Gasteiger partial charge in [0, 0.05) is 18.7 Å². The molecule has 1 N–H and O–H groups in total. The van der Waals surface area contributed by atoms with Crippen LogP contribution in [0, 0.1) is 5.82 Å². The molecule has 1 aromatic carbocycles. The van der Waals surface area contributed by atoms with Crippen LogP contribution in [0.25, 0.3) is 0 Å². The van der Waals surface area contributed by atoms with Crippen molar-refractivity contribution in [2.75, 3.05) is 6.61 Å². The molecule has 0 bridgehead atoms. The van der Waals surface area contributed by atoms with Crippen molar-refractivity contribution in [1.29, 1.82) is 0 Å². The zero-order chi connectivity index (χ0) is 12.5. The van der Waals surface area contributed by atoms with Crippen LogP contribution in [-0.2, 0) is 11.3 Å². The monoisotopic (exact) mass is 257 g/mol. The summed E-state index contributed by atoms with van der Waals surface area (Å²) in [7, 11) is 0. The van der Waals surface area contributed by atoms with Crippen molar-refractivity contribution in [2.45, 2.75) is 38.5 Å². The molecule has 1 aliphatic rings. The van der Waals surface area contributed by atoms with Gasteiger partial charge in [0.05, 0.1) is 11.1 Å². The van der Waals surface area contributed by atoms with Crippen LogP contribution in [0.15, 0.2) is 18.2 Å². The number of nitrogens with one attached hydrogen (secondary N) is 1. The molecular formula is C13H17ClFNO. The Morgan fingerprint density at radius 1 is 1.59 bits per heavy atom. The largest absolute Gasteiger partial charge is 0.377 e. The molecule has 0 spiro atoms. The lowest BCUT2D eigenvalue weighted by atomic mass is 9.94. The van der Waals surface area contributed by atoms with E-state index in [4.69, 9.17) is 16.3 Å². The number of hydrogen-bond donors (Lipinski definition) is 1. The smallest absolute Gasteiger partial charge is 0.142 e. The molecule has 0 aliphatic carbocycles. The molecule has 0 saturated carbocycles. The lowest BCUT2D eigenvalue weighted by Crippen LogP contribution is -2.47. The van der Waals surface area contributed by atoms with Crippen LogP contribution < -0.4 is 5.32 Å². The van der Waals surface area contributed by atoms with Gasteiger partial charge in [-0.3, -0.25) is 0 Å². The van der Waals surface area contributed by atoms with Crippen molar-refractivity contribution in [3.05, 3.63) is 34.6 Å². The first kappa shape index (κ1) is 12.8. The average molecular weight is 258 g/mol. The van der Waals surface area contributed by atoms with Crippen LogP contribution in [-0.4, -0.2) is 18.2 Å². The van der Waals surface area contributed by atoms with E-state index in [9.17, 15) is 4.39 Å². The quantitative estimate of drug-likeness (QED) is 0.898. The second-order valence-electron chi connectivity index (χ2n) is 4.75. The van der Waals surface area contributed by atoms with E-state index in [0.717, 1.165) is 18.6 Å². The Labute approximate surface area is 106 Å². The van der Waals surface area contributed by atoms with Gasteiger partial charge < -0.3 is 10.1 Å². The molecule has 0 aromatic heterocycles. The predicted molar refractivity (Wildman–Crippen MR) is 66.7 cm³/mol. The van der Waals surface area contributed by atoms with Crippen LogP contribution in [0.1, 0.15) is 25.8 Å². The van der Waals surface area contributed by atoms with Crippen LogP contribution in [0.4, 0.5) is 4.39 Å². The van der Waals surface area contributed by atoms with Gasteiger partial charge in [0.25, 0.3) is 0 Å². The molecule has 1 heterocycles. The summed E-state index contributed by atoms with van der Waals surface area (Å²) in [5, 5.41) is 3.62. The molecule has 17 heavy (non-hydrogen) atoms. The highest BCUT2D eigenvalue weighted by atomic mass is 35.5. The molecule has 1 aliphatic heterocycles. The van der Waals surface area contributed by atoms with Gasteiger partial charge in [-0.2, -0.15) is 0 Å². The van der Waals surface area contributed by atoms with Gasteiger partial charge >= 0.3 is 0 Å². The van der Waals surface area contributed by atoms with Crippen LogP contribution in [0.3, 0.4) is 0 Å². The highest BCUT2D eigenvalue weighted by Gasteiger charge is 2.36. The van der Waals surface area contributed by atoms with Gasteiger partial charge in [0.1, 0.15) is 5.82 Å². The van der Waals surface area contributed by atoms with E-state index in [1.807, 2.05) is 13.0 Å². The van der Waals surface area contributed by atoms with Crippen molar-refractivity contribution in [3.8, 4) is 0 Å². The van der Waals surface area contributed by atoms with Crippen molar-refractivity contribution >= 4 is 11.6 Å². The lowest BCUT2D eigenvalue weighted by Gasteiger charge is -2.29. The van der Waals surface area contributed by atoms with Gasteiger partial charge in [0.2, 0.25) is 0 Å². The van der Waals surface area contributed by atoms with Crippen molar-refractivity contribution in [2.24, 2.45) is 0 Å². The molecule has 94 valence electrons. The summed E-state index contributed by atoms with van der Waals surface area (Å²) >= 11 is 5.91. The number of rotatable bonds is 3. The summed E-state index contributed by atoms with van der Waals surface area (Å²) in [6.45, 7) is 5.49. The Morgan fingerprint density at radius 2 is 2.35 bits per heavy atom. The molecule has 2 atom stereocenters. The van der Waals surface area contributed by atoms with Crippen molar-refractivity contribution in [1.82, 2.24) is 5.32 Å². The first-order chi connectivity index (χ1) is 8.03. The maximum Gasteiger partial charge on any atom is 0.142 e. The van der Waals surface area contributed by atoms with Crippen molar-refractivity contribution in [3.63, 3.8) is 0 Å². The van der Waals surface area contributed by atoms with Gasteiger partial charge in [-0.15, -0.1) is 0 Å². The summed E-state index contributed by atoms with van der Waals surface area (Å²) in [6.07, 6.45) is 1.12. The zero-order valence-corrected chi connectivity index (χ0v) is 10.9. The number of benzene rings is 1. The van der Waals surface area contributed by atoms with Crippen LogP contribution in [0.2, 0.25) is 5.02 Å². The highest BCUT2D eigenvalue weighted by molar-refractivity contribution is 6.31. The summed E-state index contributed by atoms with van der Waals surface area (Å²) < 4.78 is 18.8. The maximum atomic E-state index is 13.3. The maximum absolute atomic E-state index is 13.3. The third kappa shape index (κ3) is 2.62. The second kappa shape index (κ2) is 4.92. The molecule has 1 aromatic rings. The van der Waals surface area contributed by atoms with E-state index in [1.165, 1.54) is 6.07 Å². The molecule has 0 amide bonds. The summed E-state index contributed by atoms with van der Waals surface area (Å²) in [4.78, 5) is 0. The minimum Gasteiger partial charge on any atom is -0.377 e. The molecule has 2 nitrogen and oxygen atoms in total. The van der Waals surface area contributed by atoms with E-state index in [1.54, 1.807) is 6.07 Å². The van der Waals surface area contributed by atoms with E-state index in [0.29, 0.717) is 6.54 Å². The topological polar surface area (TPSA) is 21.3 Å². The Bertz CT molecular complexity index is 412. The summed E-state index contributed by atoms with van der Waals surface area (Å²) in [5.41, 5.74) is 0.724. The first-order valence-corrected chi connectivity index (χ1v) is 6.20. The van der Waals surface area contributed by atoms with E-state index in [2.05, 4.69) is 12.2 Å². The Kier molecular flexibility index (Phi) is 3.71. The number of ether oxygens (including phenoxy) is 1. The SMILES string of the molecule is CC1OCCC1(C)NCc1cccc(F)c1Cl. The standard InChI is InChI=1S/C13H17ClFNO/c1-9-13(2,6-7-17-9)16-8-10-4-3-5-11(15)12(10)14/h3-5,9,16H,6-8H2,1-2H3. The molecule has 1 saturated heterocycles.